The lowest BCUT2D eigenvalue weighted by atomic mass is 10.0. The molecule has 0 aromatic heterocycles. The fourth-order valence-electron chi connectivity index (χ4n) is 2.79. The number of hydrogen-bond donors (Lipinski definition) is 1. The molecule has 0 amide bonds. The SMILES string of the molecule is CC(C)Oc1cc(N2CCC(C)C2CO)cc([N+](=O)[O-])c1. The maximum atomic E-state index is 11.1. The Morgan fingerprint density at radius 1 is 1.48 bits per heavy atom. The Morgan fingerprint density at radius 3 is 2.76 bits per heavy atom. The molecule has 6 nitrogen and oxygen atoms in total. The van der Waals surface area contributed by atoms with Crippen molar-refractivity contribution in [3.8, 4) is 5.75 Å². The molecule has 1 aromatic rings. The Bertz CT molecular complexity index is 518. The molecule has 116 valence electrons. The Kier molecular flexibility index (Phi) is 4.67. The fourth-order valence-corrected chi connectivity index (χ4v) is 2.79. The molecular weight excluding hydrogens is 272 g/mol. The van der Waals surface area contributed by atoms with Crippen molar-refractivity contribution in [1.82, 2.24) is 0 Å². The van der Waals surface area contributed by atoms with Gasteiger partial charge in [0, 0.05) is 24.4 Å². The first-order chi connectivity index (χ1) is 9.92. The van der Waals surface area contributed by atoms with Gasteiger partial charge in [-0.25, -0.2) is 0 Å². The van der Waals surface area contributed by atoms with E-state index in [9.17, 15) is 15.2 Å². The van der Waals surface area contributed by atoms with Gasteiger partial charge in [0.05, 0.1) is 29.7 Å². The van der Waals surface area contributed by atoms with E-state index in [0.29, 0.717) is 11.7 Å². The van der Waals surface area contributed by atoms with Crippen LogP contribution in [0.5, 0.6) is 5.75 Å². The monoisotopic (exact) mass is 294 g/mol. The Morgan fingerprint density at radius 2 is 2.19 bits per heavy atom. The van der Waals surface area contributed by atoms with Crippen LogP contribution in [0.25, 0.3) is 0 Å². The maximum Gasteiger partial charge on any atom is 0.275 e. The van der Waals surface area contributed by atoms with E-state index in [0.717, 1.165) is 18.7 Å². The van der Waals surface area contributed by atoms with Gasteiger partial charge in [-0.1, -0.05) is 6.92 Å². The average Bonchev–Trinajstić information content (AvgIpc) is 2.78. The van der Waals surface area contributed by atoms with Crippen molar-refractivity contribution in [3.05, 3.63) is 28.3 Å². The van der Waals surface area contributed by atoms with Crippen LogP contribution in [0.4, 0.5) is 11.4 Å². The maximum absolute atomic E-state index is 11.1. The molecule has 1 heterocycles. The number of non-ortho nitro benzene ring substituents is 1. The number of anilines is 1. The summed E-state index contributed by atoms with van der Waals surface area (Å²) in [6.45, 7) is 6.68. The van der Waals surface area contributed by atoms with Crippen molar-refractivity contribution in [2.75, 3.05) is 18.1 Å². The predicted molar refractivity (Wildman–Crippen MR) is 80.9 cm³/mol. The van der Waals surface area contributed by atoms with Crippen LogP contribution in [0.3, 0.4) is 0 Å². The van der Waals surface area contributed by atoms with Crippen LogP contribution in [-0.2, 0) is 0 Å². The minimum absolute atomic E-state index is 0.00101. The first-order valence-electron chi connectivity index (χ1n) is 7.26. The summed E-state index contributed by atoms with van der Waals surface area (Å²) in [6.07, 6.45) is 0.917. The van der Waals surface area contributed by atoms with Crippen molar-refractivity contribution < 1.29 is 14.8 Å². The average molecular weight is 294 g/mol. The van der Waals surface area contributed by atoms with E-state index in [1.54, 1.807) is 6.07 Å². The van der Waals surface area contributed by atoms with Gasteiger partial charge in [0.1, 0.15) is 5.75 Å². The van der Waals surface area contributed by atoms with Crippen molar-refractivity contribution in [1.29, 1.82) is 0 Å². The highest BCUT2D eigenvalue weighted by atomic mass is 16.6. The van der Waals surface area contributed by atoms with Gasteiger partial charge in [-0.3, -0.25) is 10.1 Å². The first kappa shape index (κ1) is 15.6. The van der Waals surface area contributed by atoms with E-state index < -0.39 is 4.92 Å². The summed E-state index contributed by atoms with van der Waals surface area (Å²) >= 11 is 0. The molecule has 0 saturated carbocycles. The smallest absolute Gasteiger partial charge is 0.275 e. The number of aliphatic hydroxyl groups excluding tert-OH is 1. The quantitative estimate of drug-likeness (QED) is 0.667. The summed E-state index contributed by atoms with van der Waals surface area (Å²) < 4.78 is 5.61. The molecular formula is C15H22N2O4. The van der Waals surface area contributed by atoms with Gasteiger partial charge in [-0.05, 0) is 26.2 Å². The minimum Gasteiger partial charge on any atom is -0.491 e. The van der Waals surface area contributed by atoms with Crippen LogP contribution in [0.15, 0.2) is 18.2 Å². The summed E-state index contributed by atoms with van der Waals surface area (Å²) in [6, 6.07) is 4.80. The van der Waals surface area contributed by atoms with E-state index in [1.165, 1.54) is 6.07 Å². The third-order valence-electron chi connectivity index (χ3n) is 3.86. The highest BCUT2D eigenvalue weighted by Gasteiger charge is 2.31. The van der Waals surface area contributed by atoms with Crippen molar-refractivity contribution in [3.63, 3.8) is 0 Å². The summed E-state index contributed by atoms with van der Waals surface area (Å²) in [4.78, 5) is 12.7. The zero-order valence-electron chi connectivity index (χ0n) is 12.7. The third kappa shape index (κ3) is 3.44. The zero-order chi connectivity index (χ0) is 15.6. The van der Waals surface area contributed by atoms with Crippen molar-refractivity contribution in [2.24, 2.45) is 5.92 Å². The Labute approximate surface area is 124 Å². The molecule has 0 aliphatic carbocycles. The predicted octanol–water partition coefficient (Wildman–Crippen LogP) is 2.59. The van der Waals surface area contributed by atoms with E-state index in [1.807, 2.05) is 24.8 Å². The lowest BCUT2D eigenvalue weighted by Gasteiger charge is -2.27. The van der Waals surface area contributed by atoms with Gasteiger partial charge >= 0.3 is 0 Å². The van der Waals surface area contributed by atoms with Crippen LogP contribution >= 0.6 is 0 Å². The molecule has 0 bridgehead atoms. The molecule has 2 rings (SSSR count). The molecule has 0 spiro atoms. The molecule has 21 heavy (non-hydrogen) atoms. The number of hydrogen-bond acceptors (Lipinski definition) is 5. The molecule has 2 atom stereocenters. The second-order valence-corrected chi connectivity index (χ2v) is 5.82. The fraction of sp³-hybridized carbons (Fsp3) is 0.600. The summed E-state index contributed by atoms with van der Waals surface area (Å²) in [5, 5.41) is 20.7. The first-order valence-corrected chi connectivity index (χ1v) is 7.26. The van der Waals surface area contributed by atoms with Gasteiger partial charge in [0.2, 0.25) is 0 Å². The zero-order valence-corrected chi connectivity index (χ0v) is 12.7. The van der Waals surface area contributed by atoms with Crippen LogP contribution in [0.1, 0.15) is 27.2 Å². The van der Waals surface area contributed by atoms with E-state index in [-0.39, 0.29) is 24.4 Å². The Balaban J connectivity index is 2.37. The van der Waals surface area contributed by atoms with Crippen LogP contribution in [0.2, 0.25) is 0 Å². The lowest BCUT2D eigenvalue weighted by Crippen LogP contribution is -2.35. The molecule has 1 fully saturated rings. The van der Waals surface area contributed by atoms with Gasteiger partial charge < -0.3 is 14.7 Å². The normalized spacial score (nSPS) is 21.9. The number of benzene rings is 1. The summed E-state index contributed by atoms with van der Waals surface area (Å²) in [7, 11) is 0. The summed E-state index contributed by atoms with van der Waals surface area (Å²) in [5.74, 6) is 0.856. The van der Waals surface area contributed by atoms with Crippen LogP contribution < -0.4 is 9.64 Å². The molecule has 1 aromatic carbocycles. The third-order valence-corrected chi connectivity index (χ3v) is 3.86. The van der Waals surface area contributed by atoms with Gasteiger partial charge in [-0.15, -0.1) is 0 Å². The number of nitro benzene ring substituents is 1. The highest BCUT2D eigenvalue weighted by molar-refractivity contribution is 5.59. The largest absolute Gasteiger partial charge is 0.491 e. The lowest BCUT2D eigenvalue weighted by molar-refractivity contribution is -0.384. The number of ether oxygens (including phenoxy) is 1. The van der Waals surface area contributed by atoms with Gasteiger partial charge in [-0.2, -0.15) is 0 Å². The number of nitro groups is 1. The van der Waals surface area contributed by atoms with Gasteiger partial charge in [0.25, 0.3) is 5.69 Å². The van der Waals surface area contributed by atoms with Gasteiger partial charge in [0.15, 0.2) is 0 Å². The van der Waals surface area contributed by atoms with Crippen molar-refractivity contribution >= 4 is 11.4 Å². The molecule has 0 radical (unpaired) electrons. The molecule has 1 aliphatic heterocycles. The second-order valence-electron chi connectivity index (χ2n) is 5.82. The second kappa shape index (κ2) is 6.30. The molecule has 1 aliphatic rings. The number of nitrogens with zero attached hydrogens (tertiary/aromatic N) is 2. The topological polar surface area (TPSA) is 75.8 Å². The number of aliphatic hydroxyl groups is 1. The minimum atomic E-state index is -0.413. The summed E-state index contributed by atoms with van der Waals surface area (Å²) in [5.41, 5.74) is 0.752. The molecule has 1 saturated heterocycles. The standard InChI is InChI=1S/C15H22N2O4/c1-10(2)21-14-7-12(6-13(8-14)17(19)20)16-5-4-11(3)15(16)9-18/h6-8,10-11,15,18H,4-5,9H2,1-3H3. The highest BCUT2D eigenvalue weighted by Crippen LogP contribution is 2.34. The van der Waals surface area contributed by atoms with E-state index >= 15 is 0 Å². The Hall–Kier alpha value is -1.82. The van der Waals surface area contributed by atoms with E-state index in [4.69, 9.17) is 4.74 Å². The van der Waals surface area contributed by atoms with Crippen molar-refractivity contribution in [2.45, 2.75) is 39.3 Å². The number of rotatable bonds is 5. The van der Waals surface area contributed by atoms with Crippen LogP contribution in [-0.4, -0.2) is 35.3 Å². The van der Waals surface area contributed by atoms with E-state index in [2.05, 4.69) is 6.92 Å². The molecule has 1 N–H and O–H groups in total. The molecule has 2 unspecified atom stereocenters. The van der Waals surface area contributed by atoms with Crippen LogP contribution in [0, 0.1) is 16.0 Å². The molecule has 6 heteroatoms.